The predicted octanol–water partition coefficient (Wildman–Crippen LogP) is 2.11. The summed E-state index contributed by atoms with van der Waals surface area (Å²) in [6, 6.07) is 7.19. The van der Waals surface area contributed by atoms with Gasteiger partial charge in [-0.2, -0.15) is 0 Å². The summed E-state index contributed by atoms with van der Waals surface area (Å²) in [5, 5.41) is 4.31. The first kappa shape index (κ1) is 17.9. The maximum atomic E-state index is 12.0. The monoisotopic (exact) mass is 363 g/mol. The molecule has 1 fully saturated rings. The van der Waals surface area contributed by atoms with Crippen molar-refractivity contribution >= 4 is 28.4 Å². The molecule has 0 spiro atoms. The molecule has 25 heavy (non-hydrogen) atoms. The highest BCUT2D eigenvalue weighted by Crippen LogP contribution is 2.29. The molecule has 0 radical (unpaired) electrons. The normalized spacial score (nSPS) is 15.2. The van der Waals surface area contributed by atoms with Gasteiger partial charge >= 0.3 is 0 Å². The van der Waals surface area contributed by atoms with Crippen LogP contribution in [0.15, 0.2) is 30.5 Å². The van der Waals surface area contributed by atoms with E-state index in [4.69, 9.17) is 21.1 Å². The van der Waals surface area contributed by atoms with Gasteiger partial charge in [0.25, 0.3) is 5.91 Å². The Morgan fingerprint density at radius 2 is 2.16 bits per heavy atom. The zero-order chi connectivity index (χ0) is 17.5. The van der Waals surface area contributed by atoms with Crippen LogP contribution in [-0.2, 0) is 9.53 Å². The van der Waals surface area contributed by atoms with Crippen molar-refractivity contribution in [2.45, 2.75) is 6.42 Å². The topological polar surface area (TPSA) is 63.7 Å². The Bertz CT molecular complexity index is 720. The third-order valence-corrected chi connectivity index (χ3v) is 4.44. The smallest absolute Gasteiger partial charge is 0.257 e. The highest BCUT2D eigenvalue weighted by atomic mass is 35.5. The maximum Gasteiger partial charge on any atom is 0.257 e. The summed E-state index contributed by atoms with van der Waals surface area (Å²) in [6.45, 7) is 5.09. The Labute approximate surface area is 152 Å². The van der Waals surface area contributed by atoms with E-state index in [0.29, 0.717) is 22.8 Å². The van der Waals surface area contributed by atoms with Crippen molar-refractivity contribution in [1.82, 2.24) is 15.2 Å². The molecular weight excluding hydrogens is 342 g/mol. The fourth-order valence-electron chi connectivity index (χ4n) is 2.78. The Hall–Kier alpha value is -1.89. The second kappa shape index (κ2) is 8.99. The average Bonchev–Trinajstić information content (AvgIpc) is 2.66. The van der Waals surface area contributed by atoms with Crippen LogP contribution in [0.5, 0.6) is 5.75 Å². The molecule has 2 aromatic rings. The molecule has 3 rings (SSSR count). The van der Waals surface area contributed by atoms with E-state index in [1.807, 2.05) is 12.1 Å². The second-order valence-corrected chi connectivity index (χ2v) is 6.30. The number of amides is 1. The van der Waals surface area contributed by atoms with E-state index >= 15 is 0 Å². The molecule has 0 unspecified atom stereocenters. The molecule has 1 aliphatic heterocycles. The van der Waals surface area contributed by atoms with Gasteiger partial charge in [0.1, 0.15) is 11.3 Å². The molecule has 0 aliphatic carbocycles. The quantitative estimate of drug-likeness (QED) is 0.763. The van der Waals surface area contributed by atoms with Gasteiger partial charge in [0.2, 0.25) is 0 Å². The summed E-state index contributed by atoms with van der Waals surface area (Å²) in [5.41, 5.74) is 0.662. The lowest BCUT2D eigenvalue weighted by molar-refractivity contribution is -0.123. The summed E-state index contributed by atoms with van der Waals surface area (Å²) < 4.78 is 10.9. The maximum absolute atomic E-state index is 12.0. The Morgan fingerprint density at radius 1 is 1.32 bits per heavy atom. The second-order valence-electron chi connectivity index (χ2n) is 5.89. The molecule has 1 N–H and O–H groups in total. The van der Waals surface area contributed by atoms with Crippen LogP contribution in [0.2, 0.25) is 5.02 Å². The number of aromatic nitrogens is 1. The highest BCUT2D eigenvalue weighted by molar-refractivity contribution is 6.35. The van der Waals surface area contributed by atoms with Crippen LogP contribution in [0.1, 0.15) is 6.42 Å². The van der Waals surface area contributed by atoms with Crippen molar-refractivity contribution in [1.29, 1.82) is 0 Å². The number of morpholine rings is 1. The summed E-state index contributed by atoms with van der Waals surface area (Å²) in [5.74, 6) is 0.421. The van der Waals surface area contributed by atoms with Crippen LogP contribution in [0, 0.1) is 0 Å². The van der Waals surface area contributed by atoms with Crippen molar-refractivity contribution < 1.29 is 14.3 Å². The van der Waals surface area contributed by atoms with Gasteiger partial charge in [0, 0.05) is 31.2 Å². The summed E-state index contributed by atoms with van der Waals surface area (Å²) in [4.78, 5) is 18.6. The van der Waals surface area contributed by atoms with E-state index in [2.05, 4.69) is 15.2 Å². The van der Waals surface area contributed by atoms with Crippen molar-refractivity contribution in [2.24, 2.45) is 0 Å². The Kier molecular flexibility index (Phi) is 6.44. The van der Waals surface area contributed by atoms with Gasteiger partial charge in [-0.1, -0.05) is 11.6 Å². The van der Waals surface area contributed by atoms with Crippen LogP contribution < -0.4 is 10.1 Å². The van der Waals surface area contributed by atoms with E-state index in [9.17, 15) is 4.79 Å². The van der Waals surface area contributed by atoms with Gasteiger partial charge in [0.05, 0.1) is 18.2 Å². The minimum absolute atomic E-state index is 0.0368. The van der Waals surface area contributed by atoms with E-state index in [1.54, 1.807) is 18.3 Å². The summed E-state index contributed by atoms with van der Waals surface area (Å²) in [7, 11) is 0. The third-order valence-electron chi connectivity index (χ3n) is 4.12. The molecule has 0 saturated carbocycles. The zero-order valence-electron chi connectivity index (χ0n) is 14.0. The van der Waals surface area contributed by atoms with Crippen molar-refractivity contribution in [2.75, 3.05) is 46.0 Å². The average molecular weight is 364 g/mol. The molecule has 1 amide bonds. The fraction of sp³-hybridized carbons (Fsp3) is 0.444. The predicted molar refractivity (Wildman–Crippen MR) is 97.1 cm³/mol. The lowest BCUT2D eigenvalue weighted by atomic mass is 10.2. The summed E-state index contributed by atoms with van der Waals surface area (Å²) in [6.07, 6.45) is 2.59. The zero-order valence-corrected chi connectivity index (χ0v) is 14.8. The van der Waals surface area contributed by atoms with Gasteiger partial charge in [-0.3, -0.25) is 14.7 Å². The number of pyridine rings is 1. The molecule has 134 valence electrons. The Morgan fingerprint density at radius 3 is 3.00 bits per heavy atom. The largest absolute Gasteiger partial charge is 0.481 e. The molecule has 0 atom stereocenters. The molecule has 0 bridgehead atoms. The number of carbonyl (C=O) groups is 1. The van der Waals surface area contributed by atoms with Crippen LogP contribution >= 0.6 is 11.6 Å². The van der Waals surface area contributed by atoms with E-state index in [1.165, 1.54) is 0 Å². The minimum Gasteiger partial charge on any atom is -0.481 e. The standard InChI is InChI=1S/C18H22ClN3O3/c19-15-4-5-16(18-14(15)3-1-6-21-18)25-13-17(23)20-7-2-8-22-9-11-24-12-10-22/h1,3-6H,2,7-13H2,(H,20,23). The number of hydrogen-bond donors (Lipinski definition) is 1. The van der Waals surface area contributed by atoms with Gasteiger partial charge < -0.3 is 14.8 Å². The van der Waals surface area contributed by atoms with Gasteiger partial charge in [-0.25, -0.2) is 0 Å². The molecule has 2 heterocycles. The van der Waals surface area contributed by atoms with E-state index in [0.717, 1.165) is 44.7 Å². The van der Waals surface area contributed by atoms with Crippen LogP contribution in [0.25, 0.3) is 10.9 Å². The number of halogens is 1. The number of nitrogens with one attached hydrogen (secondary N) is 1. The molecule has 1 saturated heterocycles. The number of carbonyl (C=O) groups excluding carboxylic acids is 1. The van der Waals surface area contributed by atoms with Crippen molar-refractivity contribution in [3.8, 4) is 5.75 Å². The van der Waals surface area contributed by atoms with Crippen LogP contribution in [0.4, 0.5) is 0 Å². The first-order valence-electron chi connectivity index (χ1n) is 8.47. The fourth-order valence-corrected chi connectivity index (χ4v) is 2.99. The first-order valence-corrected chi connectivity index (χ1v) is 8.84. The SMILES string of the molecule is O=C(COc1ccc(Cl)c2cccnc12)NCCCN1CCOCC1. The van der Waals surface area contributed by atoms with Crippen LogP contribution in [-0.4, -0.2) is 61.8 Å². The highest BCUT2D eigenvalue weighted by Gasteiger charge is 2.11. The minimum atomic E-state index is -0.138. The van der Waals surface area contributed by atoms with Crippen molar-refractivity contribution in [3.63, 3.8) is 0 Å². The Balaban J connectivity index is 1.42. The number of benzene rings is 1. The molecular formula is C18H22ClN3O3. The number of ether oxygens (including phenoxy) is 2. The van der Waals surface area contributed by atoms with Gasteiger partial charge in [0.15, 0.2) is 6.61 Å². The first-order chi connectivity index (χ1) is 12.2. The molecule has 1 aromatic carbocycles. The van der Waals surface area contributed by atoms with Crippen molar-refractivity contribution in [3.05, 3.63) is 35.5 Å². The van der Waals surface area contributed by atoms with Gasteiger partial charge in [-0.15, -0.1) is 0 Å². The number of hydrogen-bond acceptors (Lipinski definition) is 5. The molecule has 1 aromatic heterocycles. The lowest BCUT2D eigenvalue weighted by Crippen LogP contribution is -2.38. The van der Waals surface area contributed by atoms with Gasteiger partial charge in [-0.05, 0) is 37.2 Å². The van der Waals surface area contributed by atoms with Crippen LogP contribution in [0.3, 0.4) is 0 Å². The summed E-state index contributed by atoms with van der Waals surface area (Å²) >= 11 is 6.15. The van der Waals surface area contributed by atoms with E-state index in [-0.39, 0.29) is 12.5 Å². The number of fused-ring (bicyclic) bond motifs is 1. The lowest BCUT2D eigenvalue weighted by Gasteiger charge is -2.26. The number of nitrogens with zero attached hydrogens (tertiary/aromatic N) is 2. The molecule has 1 aliphatic rings. The number of rotatable bonds is 7. The van der Waals surface area contributed by atoms with E-state index < -0.39 is 0 Å². The molecule has 6 nitrogen and oxygen atoms in total. The third kappa shape index (κ3) is 5.04. The molecule has 7 heteroatoms.